The fourth-order valence-electron chi connectivity index (χ4n) is 3.60. The molecule has 0 bridgehead atoms. The summed E-state index contributed by atoms with van der Waals surface area (Å²) >= 11 is 0.870. The Balaban J connectivity index is 1.93. The van der Waals surface area contributed by atoms with Gasteiger partial charge in [-0.3, -0.25) is 4.79 Å². The lowest BCUT2D eigenvalue weighted by atomic mass is 9.88. The van der Waals surface area contributed by atoms with Crippen molar-refractivity contribution in [3.8, 4) is 16.9 Å². The van der Waals surface area contributed by atoms with Gasteiger partial charge in [0.15, 0.2) is 6.61 Å². The lowest BCUT2D eigenvalue weighted by Gasteiger charge is -2.22. The van der Waals surface area contributed by atoms with Crippen molar-refractivity contribution in [2.45, 2.75) is 37.5 Å². The Morgan fingerprint density at radius 3 is 2.39 bits per heavy atom. The minimum Gasteiger partial charge on any atom is -0.483 e. The summed E-state index contributed by atoms with van der Waals surface area (Å²) in [5.74, 6) is -3.47. The molecular formula is C21H16F6N2O3S. The maximum Gasteiger partial charge on any atom is 0.422 e. The molecule has 1 saturated carbocycles. The molecule has 12 heteroatoms. The summed E-state index contributed by atoms with van der Waals surface area (Å²) in [6.07, 6.45) is -8.26. The summed E-state index contributed by atoms with van der Waals surface area (Å²) in [5, 5.41) is 9.67. The Labute approximate surface area is 187 Å². The maximum atomic E-state index is 14.0. The summed E-state index contributed by atoms with van der Waals surface area (Å²) in [7, 11) is 0. The summed E-state index contributed by atoms with van der Waals surface area (Å²) in [6.45, 7) is -1.94. The van der Waals surface area contributed by atoms with E-state index in [9.17, 15) is 36.2 Å². The maximum absolute atomic E-state index is 14.0. The molecule has 1 aliphatic carbocycles. The Hall–Kier alpha value is -2.89. The number of rotatable bonds is 7. The molecule has 5 nitrogen and oxygen atoms in total. The first kappa shape index (κ1) is 23.3. The van der Waals surface area contributed by atoms with Crippen LogP contribution in [0.15, 0.2) is 30.3 Å². The van der Waals surface area contributed by atoms with Gasteiger partial charge in [-0.15, -0.1) is 0 Å². The third-order valence-corrected chi connectivity index (χ3v) is 5.88. The van der Waals surface area contributed by atoms with Gasteiger partial charge in [-0.05, 0) is 47.7 Å². The normalized spacial score (nSPS) is 15.6. The van der Waals surface area contributed by atoms with Crippen LogP contribution in [0.5, 0.6) is 5.75 Å². The molecule has 0 spiro atoms. The predicted octanol–water partition coefficient (Wildman–Crippen LogP) is 6.29. The van der Waals surface area contributed by atoms with E-state index in [2.05, 4.69) is 13.5 Å². The van der Waals surface area contributed by atoms with Crippen molar-refractivity contribution in [1.29, 1.82) is 0 Å². The van der Waals surface area contributed by atoms with E-state index in [1.165, 1.54) is 24.3 Å². The second kappa shape index (κ2) is 8.47. The number of ether oxygens (including phenoxy) is 1. The Bertz CT molecular complexity index is 1190. The van der Waals surface area contributed by atoms with Crippen LogP contribution in [0.2, 0.25) is 0 Å². The molecule has 1 aliphatic rings. The van der Waals surface area contributed by atoms with E-state index in [1.54, 1.807) is 0 Å². The highest BCUT2D eigenvalue weighted by atomic mass is 32.1. The fraction of sp³-hybridized carbons (Fsp3) is 0.381. The van der Waals surface area contributed by atoms with Crippen molar-refractivity contribution in [3.63, 3.8) is 0 Å². The van der Waals surface area contributed by atoms with Gasteiger partial charge in [0.25, 0.3) is 0 Å². The second-order valence-electron chi connectivity index (χ2n) is 7.88. The highest BCUT2D eigenvalue weighted by Gasteiger charge is 2.40. The van der Waals surface area contributed by atoms with Gasteiger partial charge < -0.3 is 9.84 Å². The molecule has 4 rings (SSSR count). The molecule has 1 aromatic heterocycles. The highest BCUT2D eigenvalue weighted by molar-refractivity contribution is 7.00. The molecule has 1 heterocycles. The minimum atomic E-state index is -5.08. The van der Waals surface area contributed by atoms with E-state index in [0.717, 1.165) is 24.6 Å². The van der Waals surface area contributed by atoms with Gasteiger partial charge in [0.2, 0.25) is 0 Å². The molecule has 1 atom stereocenters. The van der Waals surface area contributed by atoms with Crippen molar-refractivity contribution in [3.05, 3.63) is 41.5 Å². The molecule has 0 amide bonds. The average Bonchev–Trinajstić information content (AvgIpc) is 3.42. The topological polar surface area (TPSA) is 72.3 Å². The molecule has 0 unspecified atom stereocenters. The largest absolute Gasteiger partial charge is 0.483 e. The van der Waals surface area contributed by atoms with Crippen molar-refractivity contribution < 1.29 is 41.0 Å². The molecule has 176 valence electrons. The van der Waals surface area contributed by atoms with Crippen molar-refractivity contribution in [2.24, 2.45) is 5.92 Å². The van der Waals surface area contributed by atoms with Crippen LogP contribution in [0.3, 0.4) is 0 Å². The zero-order valence-electron chi connectivity index (χ0n) is 16.7. The third kappa shape index (κ3) is 5.37. The molecule has 0 saturated heterocycles. The summed E-state index contributed by atoms with van der Waals surface area (Å²) in [5.41, 5.74) is -0.987. The number of fused-ring (bicyclic) bond motifs is 1. The molecule has 0 aliphatic heterocycles. The highest BCUT2D eigenvalue weighted by Crippen LogP contribution is 2.47. The Kier molecular flexibility index (Phi) is 5.97. The lowest BCUT2D eigenvalue weighted by molar-refractivity contribution is -0.158. The van der Waals surface area contributed by atoms with E-state index in [4.69, 9.17) is 0 Å². The van der Waals surface area contributed by atoms with Gasteiger partial charge in [-0.25, -0.2) is 0 Å². The first-order valence-electron chi connectivity index (χ1n) is 9.82. The van der Waals surface area contributed by atoms with Gasteiger partial charge in [0.05, 0.1) is 23.2 Å². The van der Waals surface area contributed by atoms with Crippen LogP contribution in [-0.4, -0.2) is 32.6 Å². The second-order valence-corrected chi connectivity index (χ2v) is 8.41. The monoisotopic (exact) mass is 490 g/mol. The fourth-order valence-corrected chi connectivity index (χ4v) is 4.12. The predicted molar refractivity (Wildman–Crippen MR) is 107 cm³/mol. The first-order valence-corrected chi connectivity index (χ1v) is 10.6. The van der Waals surface area contributed by atoms with Crippen LogP contribution in [0.1, 0.15) is 36.3 Å². The van der Waals surface area contributed by atoms with Crippen LogP contribution < -0.4 is 4.74 Å². The van der Waals surface area contributed by atoms with Gasteiger partial charge in [-0.1, -0.05) is 18.9 Å². The van der Waals surface area contributed by atoms with Crippen LogP contribution in [0.4, 0.5) is 26.3 Å². The summed E-state index contributed by atoms with van der Waals surface area (Å²) < 4.78 is 93.1. The summed E-state index contributed by atoms with van der Waals surface area (Å²) in [6, 6.07) is 6.00. The third-order valence-electron chi connectivity index (χ3n) is 5.33. The number of alkyl halides is 6. The molecule has 3 aromatic rings. The summed E-state index contributed by atoms with van der Waals surface area (Å²) in [4.78, 5) is 11.9. The van der Waals surface area contributed by atoms with E-state index >= 15 is 0 Å². The van der Waals surface area contributed by atoms with Gasteiger partial charge in [0, 0.05) is 5.56 Å². The number of carboxylic acids is 1. The number of hydrogen-bond acceptors (Lipinski definition) is 5. The smallest absolute Gasteiger partial charge is 0.422 e. The average molecular weight is 490 g/mol. The number of nitrogens with zero attached hydrogens (tertiary/aromatic N) is 2. The van der Waals surface area contributed by atoms with Gasteiger partial charge in [0.1, 0.15) is 16.8 Å². The van der Waals surface area contributed by atoms with Gasteiger partial charge >= 0.3 is 18.3 Å². The minimum absolute atomic E-state index is 0.0856. The molecule has 1 N–H and O–H groups in total. The van der Waals surface area contributed by atoms with E-state index in [1.807, 2.05) is 0 Å². The SMILES string of the molecule is O=C(O)[C@@H](CC1CC1)c1cc(-c2ccc3nsnc3c2)c(OCC(F)(F)F)c(C(F)(F)F)c1. The van der Waals surface area contributed by atoms with Crippen LogP contribution in [0, 0.1) is 5.92 Å². The van der Waals surface area contributed by atoms with Crippen LogP contribution in [0.25, 0.3) is 22.2 Å². The first-order chi connectivity index (χ1) is 15.4. The standard InChI is InChI=1S/C21H16F6N2O3S/c22-20(23,24)9-32-18-13(11-3-4-16-17(8-11)29-33-28-16)6-12(7-15(18)21(25,26)27)14(19(30)31)5-10-1-2-10/h3-4,6-8,10,14H,1-2,5,9H2,(H,30,31)/t14-/m0/s1. The van der Waals surface area contributed by atoms with E-state index in [-0.39, 0.29) is 29.0 Å². The molecular weight excluding hydrogens is 474 g/mol. The number of aliphatic carboxylic acids is 1. The quantitative estimate of drug-likeness (QED) is 0.395. The molecule has 1 fully saturated rings. The number of carbonyl (C=O) groups is 1. The number of halogens is 6. The van der Waals surface area contributed by atoms with Crippen molar-refractivity contribution in [1.82, 2.24) is 8.75 Å². The number of carboxylic acid groups (broad SMARTS) is 1. The number of benzene rings is 2. The molecule has 2 aromatic carbocycles. The lowest BCUT2D eigenvalue weighted by Crippen LogP contribution is -2.22. The zero-order valence-corrected chi connectivity index (χ0v) is 17.5. The zero-order chi connectivity index (χ0) is 24.0. The number of aromatic nitrogens is 2. The molecule has 0 radical (unpaired) electrons. The van der Waals surface area contributed by atoms with Crippen molar-refractivity contribution >= 4 is 28.7 Å². The van der Waals surface area contributed by atoms with E-state index < -0.39 is 42.2 Å². The Morgan fingerprint density at radius 1 is 1.09 bits per heavy atom. The Morgan fingerprint density at radius 2 is 1.79 bits per heavy atom. The van der Waals surface area contributed by atoms with Crippen LogP contribution in [-0.2, 0) is 11.0 Å². The van der Waals surface area contributed by atoms with E-state index in [0.29, 0.717) is 17.1 Å². The van der Waals surface area contributed by atoms with Gasteiger partial charge in [-0.2, -0.15) is 35.1 Å². The van der Waals surface area contributed by atoms with Crippen LogP contribution >= 0.6 is 11.7 Å². The van der Waals surface area contributed by atoms with Crippen molar-refractivity contribution in [2.75, 3.05) is 6.61 Å². The molecule has 33 heavy (non-hydrogen) atoms. The number of hydrogen-bond donors (Lipinski definition) is 1.